The zero-order chi connectivity index (χ0) is 7.52. The minimum atomic E-state index is 0.123. The van der Waals surface area contributed by atoms with Crippen LogP contribution in [0.1, 0.15) is 6.42 Å². The lowest BCUT2D eigenvalue weighted by atomic mass is 10.5. The molecule has 3 heteroatoms. The second-order valence-corrected chi connectivity index (χ2v) is 4.26. The van der Waals surface area contributed by atoms with Gasteiger partial charge in [0.2, 0.25) is 0 Å². The Labute approximate surface area is 68.8 Å². The van der Waals surface area contributed by atoms with Crippen LogP contribution < -0.4 is 0 Å². The molecule has 1 unspecified atom stereocenters. The summed E-state index contributed by atoms with van der Waals surface area (Å²) in [5.74, 6) is 1.21. The molecule has 1 aliphatic rings. The molecule has 58 valence electrons. The molecule has 0 saturated heterocycles. The normalized spacial score (nSPS) is 23.1. The van der Waals surface area contributed by atoms with Crippen molar-refractivity contribution in [1.82, 2.24) is 4.98 Å². The molecular formula is C8H10N2S. The van der Waals surface area contributed by atoms with Crippen LogP contribution in [0.25, 0.3) is 0 Å². The molecule has 0 amide bonds. The zero-order valence-corrected chi connectivity index (χ0v) is 7.05. The summed E-state index contributed by atoms with van der Waals surface area (Å²) in [6.07, 6.45) is 3.08. The summed E-state index contributed by atoms with van der Waals surface area (Å²) in [6, 6.07) is 6.05. The number of nitrogens with zero attached hydrogens (tertiary/aromatic N) is 2. The van der Waals surface area contributed by atoms with Crippen LogP contribution in [-0.2, 0) is 10.7 Å². The van der Waals surface area contributed by atoms with Crippen molar-refractivity contribution in [2.75, 3.05) is 12.3 Å². The lowest BCUT2D eigenvalue weighted by Gasteiger charge is -1.97. The Hall–Kier alpha value is -0.700. The molecule has 1 aliphatic heterocycles. The van der Waals surface area contributed by atoms with Crippen LogP contribution in [0.5, 0.6) is 0 Å². The van der Waals surface area contributed by atoms with Crippen LogP contribution in [0.15, 0.2) is 33.8 Å². The molecule has 0 bridgehead atoms. The minimum Gasteiger partial charge on any atom is -0.259 e. The van der Waals surface area contributed by atoms with E-state index in [0.717, 1.165) is 11.6 Å². The summed E-state index contributed by atoms with van der Waals surface area (Å²) in [6.45, 7) is 1.03. The fraction of sp³-hybridized carbons (Fsp3) is 0.375. The monoisotopic (exact) mass is 166 g/mol. The van der Waals surface area contributed by atoms with Crippen LogP contribution in [0, 0.1) is 0 Å². The SMILES string of the molecule is c1ccc(S2=NCCC2)nc1. The predicted molar refractivity (Wildman–Crippen MR) is 46.6 cm³/mol. The van der Waals surface area contributed by atoms with E-state index in [1.807, 2.05) is 18.3 Å². The molecule has 0 radical (unpaired) electrons. The summed E-state index contributed by atoms with van der Waals surface area (Å²) in [4.78, 5) is 4.28. The average Bonchev–Trinajstić information content (AvgIpc) is 2.58. The van der Waals surface area contributed by atoms with Gasteiger partial charge in [0.25, 0.3) is 0 Å². The molecule has 1 aromatic heterocycles. The highest BCUT2D eigenvalue weighted by Gasteiger charge is 2.06. The van der Waals surface area contributed by atoms with Gasteiger partial charge in [0.05, 0.1) is 0 Å². The molecule has 1 atom stereocenters. The molecule has 0 N–H and O–H groups in total. The van der Waals surface area contributed by atoms with E-state index in [0.29, 0.717) is 0 Å². The molecule has 1 aromatic rings. The second-order valence-electron chi connectivity index (χ2n) is 2.44. The van der Waals surface area contributed by atoms with Crippen LogP contribution in [0.2, 0.25) is 0 Å². The topological polar surface area (TPSA) is 25.2 Å². The highest BCUT2D eigenvalue weighted by Crippen LogP contribution is 2.11. The number of hydrogen-bond acceptors (Lipinski definition) is 2. The molecule has 11 heavy (non-hydrogen) atoms. The van der Waals surface area contributed by atoms with Gasteiger partial charge < -0.3 is 0 Å². The highest BCUT2D eigenvalue weighted by molar-refractivity contribution is 7.87. The summed E-state index contributed by atoms with van der Waals surface area (Å²) in [5, 5.41) is 1.16. The summed E-state index contributed by atoms with van der Waals surface area (Å²) in [7, 11) is 0.123. The van der Waals surface area contributed by atoms with E-state index in [2.05, 4.69) is 15.4 Å². The maximum Gasteiger partial charge on any atom is 0.107 e. The van der Waals surface area contributed by atoms with E-state index in [-0.39, 0.29) is 10.7 Å². The van der Waals surface area contributed by atoms with Crippen molar-refractivity contribution in [2.24, 2.45) is 4.36 Å². The van der Waals surface area contributed by atoms with Crippen molar-refractivity contribution >= 4 is 10.7 Å². The van der Waals surface area contributed by atoms with Crippen LogP contribution in [0.4, 0.5) is 0 Å². The smallest absolute Gasteiger partial charge is 0.107 e. The molecule has 0 saturated carbocycles. The Kier molecular flexibility index (Phi) is 1.99. The van der Waals surface area contributed by atoms with Gasteiger partial charge in [-0.2, -0.15) is 0 Å². The Morgan fingerprint density at radius 3 is 3.00 bits per heavy atom. The third-order valence-electron chi connectivity index (χ3n) is 1.62. The first-order chi connectivity index (χ1) is 5.47. The van der Waals surface area contributed by atoms with Crippen molar-refractivity contribution in [3.63, 3.8) is 0 Å². The van der Waals surface area contributed by atoms with E-state index < -0.39 is 0 Å². The van der Waals surface area contributed by atoms with Crippen molar-refractivity contribution in [3.8, 4) is 0 Å². The van der Waals surface area contributed by atoms with E-state index in [1.165, 1.54) is 12.2 Å². The first-order valence-electron chi connectivity index (χ1n) is 3.76. The summed E-state index contributed by atoms with van der Waals surface area (Å²) < 4.78 is 4.47. The molecule has 0 spiro atoms. The van der Waals surface area contributed by atoms with Crippen LogP contribution in [-0.4, -0.2) is 17.3 Å². The maximum atomic E-state index is 4.47. The van der Waals surface area contributed by atoms with Gasteiger partial charge in [0.1, 0.15) is 5.03 Å². The van der Waals surface area contributed by atoms with E-state index >= 15 is 0 Å². The quantitative estimate of drug-likeness (QED) is 0.622. The largest absolute Gasteiger partial charge is 0.259 e. The molecule has 0 aromatic carbocycles. The van der Waals surface area contributed by atoms with Gasteiger partial charge in [0.15, 0.2) is 0 Å². The van der Waals surface area contributed by atoms with E-state index in [9.17, 15) is 0 Å². The Morgan fingerprint density at radius 2 is 2.36 bits per heavy atom. The fourth-order valence-electron chi connectivity index (χ4n) is 1.10. The third kappa shape index (κ3) is 1.48. The van der Waals surface area contributed by atoms with Gasteiger partial charge >= 0.3 is 0 Å². The molecule has 2 heterocycles. The first-order valence-corrected chi connectivity index (χ1v) is 5.11. The molecule has 2 nitrogen and oxygen atoms in total. The highest BCUT2D eigenvalue weighted by atomic mass is 32.2. The van der Waals surface area contributed by atoms with Crippen molar-refractivity contribution in [3.05, 3.63) is 24.4 Å². The molecule has 0 aliphatic carbocycles. The lowest BCUT2D eigenvalue weighted by Crippen LogP contribution is -1.93. The maximum absolute atomic E-state index is 4.47. The van der Waals surface area contributed by atoms with Crippen LogP contribution >= 0.6 is 0 Å². The van der Waals surface area contributed by atoms with Crippen LogP contribution in [0.3, 0.4) is 0 Å². The van der Waals surface area contributed by atoms with Gasteiger partial charge in [-0.3, -0.25) is 4.36 Å². The van der Waals surface area contributed by atoms with Crippen molar-refractivity contribution < 1.29 is 0 Å². The third-order valence-corrected chi connectivity index (χ3v) is 3.52. The van der Waals surface area contributed by atoms with E-state index in [1.54, 1.807) is 0 Å². The Balaban J connectivity index is 2.29. The number of rotatable bonds is 1. The number of pyridine rings is 1. The first kappa shape index (κ1) is 6.98. The van der Waals surface area contributed by atoms with Crippen molar-refractivity contribution in [2.45, 2.75) is 11.4 Å². The van der Waals surface area contributed by atoms with Gasteiger partial charge in [0, 0.05) is 18.5 Å². The molecule has 0 fully saturated rings. The number of hydrogen-bond donors (Lipinski definition) is 0. The lowest BCUT2D eigenvalue weighted by molar-refractivity contribution is 0.993. The predicted octanol–water partition coefficient (Wildman–Crippen LogP) is 1.65. The van der Waals surface area contributed by atoms with E-state index in [4.69, 9.17) is 0 Å². The average molecular weight is 166 g/mol. The minimum absolute atomic E-state index is 0.123. The zero-order valence-electron chi connectivity index (χ0n) is 6.23. The number of aromatic nitrogens is 1. The Bertz CT molecular complexity index is 269. The summed E-state index contributed by atoms with van der Waals surface area (Å²) >= 11 is 0. The second kappa shape index (κ2) is 3.13. The van der Waals surface area contributed by atoms with Gasteiger partial charge in [-0.05, 0) is 18.6 Å². The molecule has 2 rings (SSSR count). The summed E-state index contributed by atoms with van der Waals surface area (Å²) in [5.41, 5.74) is 0. The Morgan fingerprint density at radius 1 is 1.36 bits per heavy atom. The fourth-order valence-corrected chi connectivity index (χ4v) is 2.74. The van der Waals surface area contributed by atoms with Gasteiger partial charge in [-0.1, -0.05) is 16.8 Å². The van der Waals surface area contributed by atoms with Gasteiger partial charge in [-0.25, -0.2) is 4.98 Å². The molecular weight excluding hydrogens is 156 g/mol. The van der Waals surface area contributed by atoms with Gasteiger partial charge in [-0.15, -0.1) is 0 Å². The standard InChI is InChI=1S/C8H10N2S/c1-2-5-9-8(4-1)11-7-3-6-10-11/h1-2,4-5H,3,6-7H2. The van der Waals surface area contributed by atoms with Crippen molar-refractivity contribution in [1.29, 1.82) is 0 Å².